The van der Waals surface area contributed by atoms with E-state index in [0.29, 0.717) is 19.3 Å². The summed E-state index contributed by atoms with van der Waals surface area (Å²) in [7, 11) is 0. The van der Waals surface area contributed by atoms with E-state index in [1.807, 2.05) is 12.2 Å². The van der Waals surface area contributed by atoms with Crippen molar-refractivity contribution < 1.29 is 20.4 Å². The van der Waals surface area contributed by atoms with Gasteiger partial charge in [0.15, 0.2) is 0 Å². The Bertz CT molecular complexity index is 572. The van der Waals surface area contributed by atoms with Crippen LogP contribution in [-0.2, 0) is 0 Å². The Kier molecular flexibility index (Phi) is 3.23. The summed E-state index contributed by atoms with van der Waals surface area (Å²) in [5.41, 5.74) is -1.61. The van der Waals surface area contributed by atoms with Crippen LogP contribution in [0.5, 0.6) is 0 Å². The van der Waals surface area contributed by atoms with Crippen molar-refractivity contribution in [3.05, 3.63) is 24.3 Å². The molecule has 0 heterocycles. The maximum atomic E-state index is 11.7. The normalized spacial score (nSPS) is 61.0. The second-order valence-corrected chi connectivity index (χ2v) is 8.75. The SMILES string of the molecule is C[C@]12CC[C@@]3(O)[C@@H](C=CC4C[C@H](O)C=C[C@@]43C)[C@@H]1C[C@@H](O)[C@@H]2O. The maximum Gasteiger partial charge on any atom is 0.0855 e. The summed E-state index contributed by atoms with van der Waals surface area (Å²) in [6, 6.07) is 0. The van der Waals surface area contributed by atoms with Crippen molar-refractivity contribution in [3.8, 4) is 0 Å². The Balaban J connectivity index is 1.78. The molecular weight excluding hydrogens is 292 g/mol. The van der Waals surface area contributed by atoms with E-state index in [1.54, 1.807) is 0 Å². The lowest BCUT2D eigenvalue weighted by molar-refractivity contribution is -0.182. The summed E-state index contributed by atoms with van der Waals surface area (Å²) in [6.07, 6.45) is 8.75. The van der Waals surface area contributed by atoms with Gasteiger partial charge < -0.3 is 20.4 Å². The molecular formula is C19H28O4. The van der Waals surface area contributed by atoms with E-state index in [2.05, 4.69) is 26.0 Å². The largest absolute Gasteiger partial charge is 0.390 e. The van der Waals surface area contributed by atoms with Crippen LogP contribution in [0.2, 0.25) is 0 Å². The first-order valence-electron chi connectivity index (χ1n) is 8.87. The van der Waals surface area contributed by atoms with E-state index in [-0.39, 0.29) is 23.2 Å². The van der Waals surface area contributed by atoms with Gasteiger partial charge in [0.2, 0.25) is 0 Å². The lowest BCUT2D eigenvalue weighted by Crippen LogP contribution is -2.63. The zero-order chi connectivity index (χ0) is 16.6. The molecule has 0 saturated heterocycles. The molecule has 128 valence electrons. The Morgan fingerprint density at radius 1 is 0.957 bits per heavy atom. The molecule has 4 aliphatic rings. The first kappa shape index (κ1) is 15.8. The van der Waals surface area contributed by atoms with Gasteiger partial charge in [0.05, 0.1) is 23.9 Å². The Morgan fingerprint density at radius 3 is 2.43 bits per heavy atom. The monoisotopic (exact) mass is 320 g/mol. The summed E-state index contributed by atoms with van der Waals surface area (Å²) in [6.45, 7) is 4.15. The summed E-state index contributed by atoms with van der Waals surface area (Å²) >= 11 is 0. The van der Waals surface area contributed by atoms with Crippen LogP contribution in [0.15, 0.2) is 24.3 Å². The Morgan fingerprint density at radius 2 is 1.70 bits per heavy atom. The molecule has 4 rings (SSSR count). The van der Waals surface area contributed by atoms with Gasteiger partial charge in [0, 0.05) is 11.3 Å². The van der Waals surface area contributed by atoms with Crippen molar-refractivity contribution >= 4 is 0 Å². The Hall–Kier alpha value is -0.680. The van der Waals surface area contributed by atoms with Gasteiger partial charge >= 0.3 is 0 Å². The van der Waals surface area contributed by atoms with Crippen LogP contribution in [0.1, 0.15) is 39.5 Å². The van der Waals surface area contributed by atoms with Crippen LogP contribution >= 0.6 is 0 Å². The van der Waals surface area contributed by atoms with Crippen molar-refractivity contribution in [2.45, 2.75) is 63.4 Å². The number of fused-ring (bicyclic) bond motifs is 5. The number of hydrogen-bond acceptors (Lipinski definition) is 4. The summed E-state index contributed by atoms with van der Waals surface area (Å²) in [5, 5.41) is 42.3. The number of hydrogen-bond donors (Lipinski definition) is 4. The quantitative estimate of drug-likeness (QED) is 0.509. The van der Waals surface area contributed by atoms with Crippen molar-refractivity contribution in [2.75, 3.05) is 0 Å². The molecule has 4 aliphatic carbocycles. The average Bonchev–Trinajstić information content (AvgIpc) is 2.73. The summed E-state index contributed by atoms with van der Waals surface area (Å²) < 4.78 is 0. The predicted octanol–water partition coefficient (Wildman–Crippen LogP) is 1.39. The van der Waals surface area contributed by atoms with Crippen LogP contribution in [0, 0.1) is 28.6 Å². The molecule has 4 nitrogen and oxygen atoms in total. The topological polar surface area (TPSA) is 80.9 Å². The number of allylic oxidation sites excluding steroid dienone is 1. The lowest BCUT2D eigenvalue weighted by Gasteiger charge is -2.61. The highest BCUT2D eigenvalue weighted by Gasteiger charge is 2.66. The standard InChI is InChI=1S/C19H28O4/c1-17-7-8-19(23)13(14(17)10-15(21)16(17)22)4-3-11-9-12(20)5-6-18(11,19)2/h3-6,11-16,20-23H,7-10H2,1-2H3/t11?,12-,13+,14+,15-,16+,17+,18+,19-/m1/s1. The summed E-state index contributed by atoms with van der Waals surface area (Å²) in [5.74, 6) is 0.152. The Labute approximate surface area is 137 Å². The van der Waals surface area contributed by atoms with E-state index in [9.17, 15) is 20.4 Å². The highest BCUT2D eigenvalue weighted by atomic mass is 16.3. The lowest BCUT2D eigenvalue weighted by atomic mass is 9.46. The zero-order valence-corrected chi connectivity index (χ0v) is 13.9. The molecule has 0 aromatic carbocycles. The van der Waals surface area contributed by atoms with Crippen LogP contribution in [0.25, 0.3) is 0 Å². The van der Waals surface area contributed by atoms with Crippen LogP contribution in [0.4, 0.5) is 0 Å². The first-order chi connectivity index (χ1) is 10.7. The van der Waals surface area contributed by atoms with E-state index < -0.39 is 29.3 Å². The van der Waals surface area contributed by atoms with Crippen LogP contribution in [0.3, 0.4) is 0 Å². The fraction of sp³-hybridized carbons (Fsp3) is 0.789. The van der Waals surface area contributed by atoms with Gasteiger partial charge in [-0.3, -0.25) is 0 Å². The minimum absolute atomic E-state index is 0.0609. The molecule has 2 fully saturated rings. The second-order valence-electron chi connectivity index (χ2n) is 8.75. The third-order valence-electron chi connectivity index (χ3n) is 7.83. The molecule has 0 aromatic heterocycles. The molecule has 0 spiro atoms. The molecule has 9 atom stereocenters. The fourth-order valence-electron chi connectivity index (χ4n) is 6.10. The molecule has 1 unspecified atom stereocenters. The third-order valence-corrected chi connectivity index (χ3v) is 7.83. The van der Waals surface area contributed by atoms with Crippen molar-refractivity contribution in [2.24, 2.45) is 28.6 Å². The van der Waals surface area contributed by atoms with Crippen LogP contribution in [-0.4, -0.2) is 44.3 Å². The fourth-order valence-corrected chi connectivity index (χ4v) is 6.10. The van der Waals surface area contributed by atoms with Gasteiger partial charge in [-0.25, -0.2) is 0 Å². The maximum absolute atomic E-state index is 11.7. The molecule has 0 bridgehead atoms. The van der Waals surface area contributed by atoms with Gasteiger partial charge in [-0.15, -0.1) is 0 Å². The number of aliphatic hydroxyl groups excluding tert-OH is 3. The van der Waals surface area contributed by atoms with Crippen molar-refractivity contribution in [1.82, 2.24) is 0 Å². The van der Waals surface area contributed by atoms with Gasteiger partial charge in [0.25, 0.3) is 0 Å². The molecule has 0 radical (unpaired) electrons. The number of aliphatic hydroxyl groups is 4. The minimum atomic E-state index is -0.878. The molecule has 0 aromatic rings. The smallest absolute Gasteiger partial charge is 0.0855 e. The van der Waals surface area contributed by atoms with Gasteiger partial charge in [-0.2, -0.15) is 0 Å². The second kappa shape index (κ2) is 4.69. The van der Waals surface area contributed by atoms with Crippen molar-refractivity contribution in [1.29, 1.82) is 0 Å². The van der Waals surface area contributed by atoms with E-state index in [0.717, 1.165) is 6.42 Å². The highest BCUT2D eigenvalue weighted by Crippen LogP contribution is 2.65. The zero-order valence-electron chi connectivity index (χ0n) is 13.9. The summed E-state index contributed by atoms with van der Waals surface area (Å²) in [4.78, 5) is 0. The predicted molar refractivity (Wildman–Crippen MR) is 86.4 cm³/mol. The van der Waals surface area contributed by atoms with E-state index >= 15 is 0 Å². The minimum Gasteiger partial charge on any atom is -0.390 e. The average molecular weight is 320 g/mol. The first-order valence-corrected chi connectivity index (χ1v) is 8.87. The van der Waals surface area contributed by atoms with Gasteiger partial charge in [-0.05, 0) is 42.9 Å². The van der Waals surface area contributed by atoms with Crippen LogP contribution < -0.4 is 0 Å². The molecule has 0 amide bonds. The van der Waals surface area contributed by atoms with Crippen molar-refractivity contribution in [3.63, 3.8) is 0 Å². The molecule has 4 heteroatoms. The molecule has 4 N–H and O–H groups in total. The molecule has 0 aliphatic heterocycles. The van der Waals surface area contributed by atoms with Gasteiger partial charge in [0.1, 0.15) is 0 Å². The van der Waals surface area contributed by atoms with Gasteiger partial charge in [-0.1, -0.05) is 38.2 Å². The highest BCUT2D eigenvalue weighted by molar-refractivity contribution is 5.30. The third kappa shape index (κ3) is 1.81. The van der Waals surface area contributed by atoms with E-state index in [4.69, 9.17) is 0 Å². The molecule has 23 heavy (non-hydrogen) atoms. The molecule has 2 saturated carbocycles. The van der Waals surface area contributed by atoms with E-state index in [1.165, 1.54) is 0 Å². The number of rotatable bonds is 0.